The van der Waals surface area contributed by atoms with Crippen LogP contribution in [0.25, 0.3) is 0 Å². The number of esters is 1. The molecule has 5 heteroatoms. The molecule has 4 nitrogen and oxygen atoms in total. The lowest BCUT2D eigenvalue weighted by Gasteiger charge is -2.24. The number of alkyl halides is 1. The highest BCUT2D eigenvalue weighted by Crippen LogP contribution is 2.07. The van der Waals surface area contributed by atoms with Gasteiger partial charge in [-0.15, -0.1) is 11.6 Å². The summed E-state index contributed by atoms with van der Waals surface area (Å²) in [5.74, 6) is -0.0674. The Hall–Kier alpha value is -1.10. The zero-order chi connectivity index (χ0) is 14.1. The summed E-state index contributed by atoms with van der Waals surface area (Å²) in [7, 11) is 1.37. The Morgan fingerprint density at radius 3 is 2.68 bits per heavy atom. The number of halogens is 1. The zero-order valence-electron chi connectivity index (χ0n) is 11.1. The number of benzene rings is 1. The Balaban J connectivity index is 2.55. The molecule has 106 valence electrons. The maximum Gasteiger partial charge on any atom is 0.306 e. The van der Waals surface area contributed by atoms with Gasteiger partial charge < -0.3 is 9.84 Å². The number of hydrogen-bond donors (Lipinski definition) is 1. The Kier molecular flexibility index (Phi) is 7.48. The summed E-state index contributed by atoms with van der Waals surface area (Å²) < 4.78 is 4.63. The standard InChI is InChI=1S/C14H20ClNO3/c1-19-14(18)7-8-16(11-13(17)9-15)10-12-5-3-2-4-6-12/h2-6,13,17H,7-11H2,1H3. The molecule has 0 amide bonds. The third-order valence-corrected chi connectivity index (χ3v) is 3.11. The molecule has 1 N–H and O–H groups in total. The molecule has 0 aromatic heterocycles. The van der Waals surface area contributed by atoms with E-state index in [2.05, 4.69) is 4.74 Å². The molecule has 1 rings (SSSR count). The van der Waals surface area contributed by atoms with Gasteiger partial charge in [0, 0.05) is 25.5 Å². The fourth-order valence-electron chi connectivity index (χ4n) is 1.77. The summed E-state index contributed by atoms with van der Waals surface area (Å²) in [5.41, 5.74) is 1.13. The Bertz CT molecular complexity index is 372. The average molecular weight is 286 g/mol. The van der Waals surface area contributed by atoms with Crippen molar-refractivity contribution in [1.29, 1.82) is 0 Å². The van der Waals surface area contributed by atoms with Crippen LogP contribution in [0, 0.1) is 0 Å². The first kappa shape index (κ1) is 16.0. The van der Waals surface area contributed by atoms with E-state index in [9.17, 15) is 9.90 Å². The number of carbonyl (C=O) groups is 1. The summed E-state index contributed by atoms with van der Waals surface area (Å²) in [4.78, 5) is 13.2. The Morgan fingerprint density at radius 1 is 1.42 bits per heavy atom. The number of aliphatic hydroxyl groups excluding tert-OH is 1. The summed E-state index contributed by atoms with van der Waals surface area (Å²) >= 11 is 5.62. The summed E-state index contributed by atoms with van der Waals surface area (Å²) in [6.07, 6.45) is -0.291. The van der Waals surface area contributed by atoms with Crippen molar-refractivity contribution in [2.24, 2.45) is 0 Å². The molecule has 1 aromatic rings. The van der Waals surface area contributed by atoms with E-state index < -0.39 is 6.10 Å². The highest BCUT2D eigenvalue weighted by atomic mass is 35.5. The van der Waals surface area contributed by atoms with Crippen molar-refractivity contribution in [2.45, 2.75) is 19.1 Å². The lowest BCUT2D eigenvalue weighted by atomic mass is 10.2. The van der Waals surface area contributed by atoms with Crippen molar-refractivity contribution in [2.75, 3.05) is 26.1 Å². The molecular weight excluding hydrogens is 266 g/mol. The molecule has 19 heavy (non-hydrogen) atoms. The maximum atomic E-state index is 11.2. The average Bonchev–Trinajstić information content (AvgIpc) is 2.45. The predicted octanol–water partition coefficient (Wildman–Crippen LogP) is 1.65. The first-order valence-corrected chi connectivity index (χ1v) is 6.76. The fourth-order valence-corrected chi connectivity index (χ4v) is 1.87. The molecule has 0 heterocycles. The molecular formula is C14H20ClNO3. The number of carbonyl (C=O) groups excluding carboxylic acids is 1. The van der Waals surface area contributed by atoms with Gasteiger partial charge in [0.05, 0.1) is 19.6 Å². The van der Waals surface area contributed by atoms with E-state index in [-0.39, 0.29) is 11.8 Å². The van der Waals surface area contributed by atoms with Crippen LogP contribution in [0.5, 0.6) is 0 Å². The van der Waals surface area contributed by atoms with Gasteiger partial charge in [-0.05, 0) is 5.56 Å². The number of rotatable bonds is 8. The zero-order valence-corrected chi connectivity index (χ0v) is 11.8. The van der Waals surface area contributed by atoms with E-state index in [4.69, 9.17) is 11.6 Å². The van der Waals surface area contributed by atoms with Gasteiger partial charge in [-0.25, -0.2) is 0 Å². The quantitative estimate of drug-likeness (QED) is 0.583. The number of ether oxygens (including phenoxy) is 1. The fraction of sp³-hybridized carbons (Fsp3) is 0.500. The number of nitrogens with zero attached hydrogens (tertiary/aromatic N) is 1. The van der Waals surface area contributed by atoms with E-state index in [1.54, 1.807) is 0 Å². The van der Waals surface area contributed by atoms with E-state index in [0.29, 0.717) is 26.1 Å². The van der Waals surface area contributed by atoms with Gasteiger partial charge in [-0.2, -0.15) is 0 Å². The molecule has 0 radical (unpaired) electrons. The molecule has 0 saturated heterocycles. The minimum Gasteiger partial charge on any atom is -0.469 e. The van der Waals surface area contributed by atoms with Gasteiger partial charge in [-0.1, -0.05) is 30.3 Å². The maximum absolute atomic E-state index is 11.2. The number of methoxy groups -OCH3 is 1. The van der Waals surface area contributed by atoms with Crippen LogP contribution in [-0.2, 0) is 16.1 Å². The first-order valence-electron chi connectivity index (χ1n) is 6.22. The van der Waals surface area contributed by atoms with Crippen molar-refractivity contribution >= 4 is 17.6 Å². The van der Waals surface area contributed by atoms with Crippen molar-refractivity contribution in [3.8, 4) is 0 Å². The van der Waals surface area contributed by atoms with Crippen LogP contribution < -0.4 is 0 Å². The van der Waals surface area contributed by atoms with Crippen molar-refractivity contribution in [3.05, 3.63) is 35.9 Å². The first-order chi connectivity index (χ1) is 9.15. The second kappa shape index (κ2) is 8.91. The van der Waals surface area contributed by atoms with Crippen LogP contribution >= 0.6 is 11.6 Å². The van der Waals surface area contributed by atoms with Crippen LogP contribution in [0.4, 0.5) is 0 Å². The summed E-state index contributed by atoms with van der Waals surface area (Å²) in [6.45, 7) is 1.65. The van der Waals surface area contributed by atoms with Crippen LogP contribution in [0.15, 0.2) is 30.3 Å². The minimum absolute atomic E-state index is 0.184. The third kappa shape index (κ3) is 6.57. The monoisotopic (exact) mass is 285 g/mol. The van der Waals surface area contributed by atoms with Gasteiger partial charge >= 0.3 is 5.97 Å². The molecule has 1 aromatic carbocycles. The van der Waals surface area contributed by atoms with E-state index in [1.807, 2.05) is 35.2 Å². The van der Waals surface area contributed by atoms with Crippen LogP contribution in [-0.4, -0.2) is 48.2 Å². The van der Waals surface area contributed by atoms with E-state index in [0.717, 1.165) is 5.56 Å². The van der Waals surface area contributed by atoms with Gasteiger partial charge in [-0.3, -0.25) is 9.69 Å². The van der Waals surface area contributed by atoms with Crippen LogP contribution in [0.3, 0.4) is 0 Å². The van der Waals surface area contributed by atoms with Crippen LogP contribution in [0.2, 0.25) is 0 Å². The lowest BCUT2D eigenvalue weighted by molar-refractivity contribution is -0.141. The highest BCUT2D eigenvalue weighted by molar-refractivity contribution is 6.18. The Morgan fingerprint density at radius 2 is 2.11 bits per heavy atom. The largest absolute Gasteiger partial charge is 0.469 e. The van der Waals surface area contributed by atoms with Crippen molar-refractivity contribution in [1.82, 2.24) is 4.90 Å². The lowest BCUT2D eigenvalue weighted by Crippen LogP contribution is -2.34. The molecule has 1 atom stereocenters. The smallest absolute Gasteiger partial charge is 0.306 e. The van der Waals surface area contributed by atoms with Crippen LogP contribution in [0.1, 0.15) is 12.0 Å². The van der Waals surface area contributed by atoms with Crippen molar-refractivity contribution in [3.63, 3.8) is 0 Å². The molecule has 0 bridgehead atoms. The van der Waals surface area contributed by atoms with E-state index >= 15 is 0 Å². The molecule has 0 aliphatic carbocycles. The molecule has 1 unspecified atom stereocenters. The summed E-state index contributed by atoms with van der Waals surface area (Å²) in [5, 5.41) is 9.64. The number of aliphatic hydroxyl groups is 1. The Labute approximate surface area is 118 Å². The van der Waals surface area contributed by atoms with E-state index in [1.165, 1.54) is 7.11 Å². The second-order valence-electron chi connectivity index (χ2n) is 4.35. The normalized spacial score (nSPS) is 12.4. The third-order valence-electron chi connectivity index (χ3n) is 2.76. The predicted molar refractivity (Wildman–Crippen MR) is 75.1 cm³/mol. The van der Waals surface area contributed by atoms with Gasteiger partial charge in [0.1, 0.15) is 0 Å². The molecule has 0 saturated carbocycles. The van der Waals surface area contributed by atoms with Gasteiger partial charge in [0.25, 0.3) is 0 Å². The number of hydrogen-bond acceptors (Lipinski definition) is 4. The van der Waals surface area contributed by atoms with Gasteiger partial charge in [0.2, 0.25) is 0 Å². The van der Waals surface area contributed by atoms with Crippen molar-refractivity contribution < 1.29 is 14.6 Å². The second-order valence-corrected chi connectivity index (χ2v) is 4.66. The van der Waals surface area contributed by atoms with Gasteiger partial charge in [0.15, 0.2) is 0 Å². The topological polar surface area (TPSA) is 49.8 Å². The molecule has 0 aliphatic heterocycles. The molecule has 0 fully saturated rings. The molecule has 0 spiro atoms. The molecule has 0 aliphatic rings. The SMILES string of the molecule is COC(=O)CCN(Cc1ccccc1)CC(O)CCl. The highest BCUT2D eigenvalue weighted by Gasteiger charge is 2.13. The minimum atomic E-state index is -0.594. The summed E-state index contributed by atoms with van der Waals surface area (Å²) in [6, 6.07) is 9.91.